The highest BCUT2D eigenvalue weighted by atomic mass is 16.6. The van der Waals surface area contributed by atoms with Crippen molar-refractivity contribution >= 4 is 5.82 Å². The van der Waals surface area contributed by atoms with E-state index in [1.165, 1.54) is 12.3 Å². The second-order valence-corrected chi connectivity index (χ2v) is 4.34. The molecule has 1 fully saturated rings. The van der Waals surface area contributed by atoms with Crippen molar-refractivity contribution < 1.29 is 24.8 Å². The number of aromatic nitrogens is 2. The van der Waals surface area contributed by atoms with Gasteiger partial charge in [-0.05, 0) is 6.07 Å². The summed E-state index contributed by atoms with van der Waals surface area (Å²) >= 11 is 0. The van der Waals surface area contributed by atoms with Gasteiger partial charge < -0.3 is 30.5 Å². The molecule has 1 aromatic heterocycles. The molecule has 5 N–H and O–H groups in total. The molecule has 2 heterocycles. The van der Waals surface area contributed by atoms with Gasteiger partial charge in [-0.1, -0.05) is 0 Å². The molecule has 0 radical (unpaired) electrons. The molecule has 0 saturated carbocycles. The molecule has 2 rings (SSSR count). The van der Waals surface area contributed by atoms with Gasteiger partial charge in [0.05, 0.1) is 19.8 Å². The summed E-state index contributed by atoms with van der Waals surface area (Å²) in [6, 6.07) is 1.41. The molecule has 9 nitrogen and oxygen atoms in total. The van der Waals surface area contributed by atoms with Crippen molar-refractivity contribution in [1.82, 2.24) is 9.55 Å². The average Bonchev–Trinajstić information content (AvgIpc) is 2.73. The van der Waals surface area contributed by atoms with Crippen molar-refractivity contribution in [3.63, 3.8) is 0 Å². The minimum atomic E-state index is -1.12. The van der Waals surface area contributed by atoms with Crippen LogP contribution in [0.1, 0.15) is 6.23 Å². The Morgan fingerprint density at radius 3 is 2.85 bits per heavy atom. The summed E-state index contributed by atoms with van der Waals surface area (Å²) in [6.07, 6.45) is -2.48. The molecule has 0 aromatic carbocycles. The largest absolute Gasteiger partial charge is 0.394 e. The van der Waals surface area contributed by atoms with Crippen LogP contribution < -0.4 is 11.4 Å². The molecule has 1 saturated heterocycles. The first-order valence-corrected chi connectivity index (χ1v) is 6.10. The fourth-order valence-electron chi connectivity index (χ4n) is 2.08. The summed E-state index contributed by atoms with van der Waals surface area (Å²) in [5.74, 6) is 0.0660. The van der Waals surface area contributed by atoms with Crippen molar-refractivity contribution in [1.29, 1.82) is 0 Å². The molecule has 0 bridgehead atoms. The van der Waals surface area contributed by atoms with Crippen molar-refractivity contribution in [2.75, 3.05) is 25.6 Å². The van der Waals surface area contributed by atoms with E-state index in [1.54, 1.807) is 0 Å². The number of rotatable bonds is 5. The van der Waals surface area contributed by atoms with E-state index in [2.05, 4.69) is 4.98 Å². The standard InChI is InChI=1S/C11H17N3O6/c12-7-1-2-14(11(18)13-7)10-9(19-4-3-15)8(17)6(5-16)20-10/h1-2,6,8-10,15-17H,3-5H2,(H2,12,13,18)/t6?,8?,9?,10-/m1/s1. The quantitative estimate of drug-likeness (QED) is 0.464. The van der Waals surface area contributed by atoms with Gasteiger partial charge in [0.25, 0.3) is 0 Å². The molecule has 0 aliphatic carbocycles. The minimum absolute atomic E-state index is 0.0309. The van der Waals surface area contributed by atoms with Gasteiger partial charge in [0.1, 0.15) is 24.1 Å². The fraction of sp³-hybridized carbons (Fsp3) is 0.636. The van der Waals surface area contributed by atoms with Gasteiger partial charge in [-0.25, -0.2) is 4.79 Å². The van der Waals surface area contributed by atoms with Crippen LogP contribution in [0.4, 0.5) is 5.82 Å². The zero-order valence-electron chi connectivity index (χ0n) is 10.6. The lowest BCUT2D eigenvalue weighted by atomic mass is 10.1. The third-order valence-electron chi connectivity index (χ3n) is 3.02. The van der Waals surface area contributed by atoms with Crippen molar-refractivity contribution in [2.24, 2.45) is 0 Å². The SMILES string of the molecule is Nc1ccn([C@@H]2OC(CO)C(O)C2OCCO)c(=O)n1. The molecular formula is C11H17N3O6. The van der Waals surface area contributed by atoms with Gasteiger partial charge in [-0.3, -0.25) is 4.57 Å². The smallest absolute Gasteiger partial charge is 0.351 e. The van der Waals surface area contributed by atoms with Crippen LogP contribution in [0.15, 0.2) is 17.1 Å². The maximum Gasteiger partial charge on any atom is 0.351 e. The molecule has 3 unspecified atom stereocenters. The van der Waals surface area contributed by atoms with Gasteiger partial charge in [0.15, 0.2) is 6.23 Å². The summed E-state index contributed by atoms with van der Waals surface area (Å²) in [6.45, 7) is -0.695. The van der Waals surface area contributed by atoms with Gasteiger partial charge in [0.2, 0.25) is 0 Å². The van der Waals surface area contributed by atoms with Gasteiger partial charge in [-0.2, -0.15) is 4.98 Å². The molecule has 0 spiro atoms. The molecule has 9 heteroatoms. The Balaban J connectivity index is 2.29. The number of aliphatic hydroxyl groups is 3. The lowest BCUT2D eigenvalue weighted by molar-refractivity contribution is -0.0796. The van der Waals surface area contributed by atoms with Crippen LogP contribution in [0.2, 0.25) is 0 Å². The second kappa shape index (κ2) is 6.29. The van der Waals surface area contributed by atoms with Gasteiger partial charge >= 0.3 is 5.69 Å². The van der Waals surface area contributed by atoms with E-state index in [0.717, 1.165) is 4.57 Å². The van der Waals surface area contributed by atoms with Crippen molar-refractivity contribution in [3.05, 3.63) is 22.7 Å². The highest BCUT2D eigenvalue weighted by Crippen LogP contribution is 2.30. The van der Waals surface area contributed by atoms with Crippen LogP contribution in [-0.2, 0) is 9.47 Å². The normalized spacial score (nSPS) is 29.8. The third-order valence-corrected chi connectivity index (χ3v) is 3.02. The van der Waals surface area contributed by atoms with Gasteiger partial charge in [-0.15, -0.1) is 0 Å². The van der Waals surface area contributed by atoms with Crippen LogP contribution in [0.5, 0.6) is 0 Å². The van der Waals surface area contributed by atoms with Crippen LogP contribution in [0.25, 0.3) is 0 Å². The Kier molecular flexibility index (Phi) is 4.68. The average molecular weight is 287 g/mol. The van der Waals surface area contributed by atoms with E-state index in [0.29, 0.717) is 0 Å². The van der Waals surface area contributed by atoms with Crippen molar-refractivity contribution in [3.8, 4) is 0 Å². The lowest BCUT2D eigenvalue weighted by Gasteiger charge is -2.21. The summed E-state index contributed by atoms with van der Waals surface area (Å²) < 4.78 is 11.8. The highest BCUT2D eigenvalue weighted by Gasteiger charge is 2.45. The zero-order valence-corrected chi connectivity index (χ0v) is 10.6. The Morgan fingerprint density at radius 1 is 1.50 bits per heavy atom. The number of hydrogen-bond donors (Lipinski definition) is 4. The first-order valence-electron chi connectivity index (χ1n) is 6.10. The Bertz CT molecular complexity index is 507. The number of nitrogens with zero attached hydrogens (tertiary/aromatic N) is 2. The Hall–Kier alpha value is -1.52. The molecule has 1 aliphatic heterocycles. The Labute approximate surface area is 114 Å². The fourth-order valence-corrected chi connectivity index (χ4v) is 2.08. The number of ether oxygens (including phenoxy) is 2. The van der Waals surface area contributed by atoms with E-state index in [9.17, 15) is 9.90 Å². The summed E-state index contributed by atoms with van der Waals surface area (Å²) in [5.41, 5.74) is 4.75. The summed E-state index contributed by atoms with van der Waals surface area (Å²) in [5, 5.41) is 27.9. The van der Waals surface area contributed by atoms with E-state index in [-0.39, 0.29) is 19.0 Å². The predicted octanol–water partition coefficient (Wildman–Crippen LogP) is -2.55. The van der Waals surface area contributed by atoms with E-state index < -0.39 is 36.8 Å². The minimum Gasteiger partial charge on any atom is -0.394 e. The number of nitrogen functional groups attached to an aromatic ring is 1. The first kappa shape index (κ1) is 14.9. The summed E-state index contributed by atoms with van der Waals surface area (Å²) in [7, 11) is 0. The number of aliphatic hydroxyl groups excluding tert-OH is 3. The van der Waals surface area contributed by atoms with Crippen molar-refractivity contribution in [2.45, 2.75) is 24.5 Å². The van der Waals surface area contributed by atoms with Crippen LogP contribution in [0.3, 0.4) is 0 Å². The van der Waals surface area contributed by atoms with Crippen LogP contribution >= 0.6 is 0 Å². The molecule has 0 amide bonds. The number of hydrogen-bond acceptors (Lipinski definition) is 8. The molecule has 112 valence electrons. The molecule has 1 aliphatic rings. The number of nitrogens with two attached hydrogens (primary N) is 1. The van der Waals surface area contributed by atoms with E-state index >= 15 is 0 Å². The van der Waals surface area contributed by atoms with Gasteiger partial charge in [0, 0.05) is 6.20 Å². The lowest BCUT2D eigenvalue weighted by Crippen LogP contribution is -2.38. The topological polar surface area (TPSA) is 140 Å². The maximum atomic E-state index is 11.8. The molecule has 4 atom stereocenters. The highest BCUT2D eigenvalue weighted by molar-refractivity contribution is 5.23. The second-order valence-electron chi connectivity index (χ2n) is 4.34. The Morgan fingerprint density at radius 2 is 2.25 bits per heavy atom. The predicted molar refractivity (Wildman–Crippen MR) is 66.7 cm³/mol. The number of anilines is 1. The monoisotopic (exact) mass is 287 g/mol. The van der Waals surface area contributed by atoms with E-state index in [4.69, 9.17) is 25.4 Å². The summed E-state index contributed by atoms with van der Waals surface area (Å²) in [4.78, 5) is 15.4. The van der Waals surface area contributed by atoms with Crippen LogP contribution in [0, 0.1) is 0 Å². The molecule has 1 aromatic rings. The molecule has 20 heavy (non-hydrogen) atoms. The first-order chi connectivity index (χ1) is 9.58. The van der Waals surface area contributed by atoms with Crippen LogP contribution in [-0.4, -0.2) is 63.0 Å². The third kappa shape index (κ3) is 2.81. The molecular weight excluding hydrogens is 270 g/mol. The van der Waals surface area contributed by atoms with E-state index in [1.807, 2.05) is 0 Å². The zero-order chi connectivity index (χ0) is 14.7. The maximum absolute atomic E-state index is 11.8.